The van der Waals surface area contributed by atoms with Crippen LogP contribution in [0.15, 0.2) is 0 Å². The molecular formula is C26H54O6Si2. The third kappa shape index (κ3) is 7.84. The minimum absolute atomic E-state index is 0.0221. The summed E-state index contributed by atoms with van der Waals surface area (Å²) in [4.78, 5) is 0. The SMILES string of the molecule is CC[Si](CC)(CC)OCC[C@H]1C[C@H](O[Si](C)(C)C(C)(C)C)C[C@@]2(C[C@@](C)(O)C[C@H](CCO)O2)O1. The minimum atomic E-state index is -1.99. The van der Waals surface area contributed by atoms with E-state index in [9.17, 15) is 10.2 Å². The van der Waals surface area contributed by atoms with E-state index in [1.54, 1.807) is 0 Å². The molecule has 2 aliphatic rings. The van der Waals surface area contributed by atoms with Crippen LogP contribution in [-0.2, 0) is 18.3 Å². The van der Waals surface area contributed by atoms with Crippen LogP contribution in [0, 0.1) is 0 Å². The Hall–Kier alpha value is 0.194. The lowest BCUT2D eigenvalue weighted by Gasteiger charge is -2.53. The zero-order valence-corrected chi connectivity index (χ0v) is 25.5. The molecule has 2 heterocycles. The van der Waals surface area contributed by atoms with E-state index in [0.29, 0.717) is 32.3 Å². The van der Waals surface area contributed by atoms with Crippen LogP contribution in [0.5, 0.6) is 0 Å². The van der Waals surface area contributed by atoms with Gasteiger partial charge in [0.15, 0.2) is 22.4 Å². The molecule has 0 saturated carbocycles. The molecule has 202 valence electrons. The van der Waals surface area contributed by atoms with Gasteiger partial charge in [0.2, 0.25) is 0 Å². The molecule has 0 radical (unpaired) electrons. The largest absolute Gasteiger partial charge is 0.417 e. The van der Waals surface area contributed by atoms with Gasteiger partial charge < -0.3 is 28.5 Å². The second-order valence-electron chi connectivity index (χ2n) is 12.6. The van der Waals surface area contributed by atoms with E-state index >= 15 is 0 Å². The highest BCUT2D eigenvalue weighted by atomic mass is 28.4. The maximum Gasteiger partial charge on any atom is 0.192 e. The zero-order valence-electron chi connectivity index (χ0n) is 23.5. The molecule has 2 saturated heterocycles. The van der Waals surface area contributed by atoms with Crippen LogP contribution in [0.1, 0.15) is 87.0 Å². The van der Waals surface area contributed by atoms with Crippen LogP contribution in [0.2, 0.25) is 36.3 Å². The number of hydrogen-bond donors (Lipinski definition) is 2. The number of rotatable bonds is 11. The van der Waals surface area contributed by atoms with E-state index in [-0.39, 0.29) is 30.0 Å². The zero-order chi connectivity index (χ0) is 25.8. The van der Waals surface area contributed by atoms with Gasteiger partial charge in [-0.3, -0.25) is 0 Å². The van der Waals surface area contributed by atoms with Crippen molar-refractivity contribution in [3.05, 3.63) is 0 Å². The maximum atomic E-state index is 11.1. The van der Waals surface area contributed by atoms with Crippen molar-refractivity contribution in [1.82, 2.24) is 0 Å². The molecule has 5 atom stereocenters. The predicted molar refractivity (Wildman–Crippen MR) is 143 cm³/mol. The average molecular weight is 519 g/mol. The monoisotopic (exact) mass is 518 g/mol. The van der Waals surface area contributed by atoms with E-state index in [4.69, 9.17) is 18.3 Å². The van der Waals surface area contributed by atoms with Crippen molar-refractivity contribution in [3.63, 3.8) is 0 Å². The molecule has 34 heavy (non-hydrogen) atoms. The van der Waals surface area contributed by atoms with Crippen LogP contribution < -0.4 is 0 Å². The molecule has 2 aliphatic heterocycles. The number of aliphatic hydroxyl groups excluding tert-OH is 1. The highest BCUT2D eigenvalue weighted by molar-refractivity contribution is 6.74. The van der Waals surface area contributed by atoms with Crippen molar-refractivity contribution in [3.8, 4) is 0 Å². The van der Waals surface area contributed by atoms with Crippen molar-refractivity contribution in [1.29, 1.82) is 0 Å². The Morgan fingerprint density at radius 2 is 1.56 bits per heavy atom. The van der Waals surface area contributed by atoms with E-state index in [0.717, 1.165) is 31.0 Å². The molecule has 0 aliphatic carbocycles. The normalized spacial score (nSPS) is 33.4. The van der Waals surface area contributed by atoms with Gasteiger partial charge in [-0.25, -0.2) is 0 Å². The van der Waals surface area contributed by atoms with E-state index in [2.05, 4.69) is 54.6 Å². The van der Waals surface area contributed by atoms with Gasteiger partial charge in [-0.15, -0.1) is 0 Å². The standard InChI is InChI=1S/C26H54O6Si2/c1-10-34(11-2,12-3)29-16-14-21-17-23(32-33(8,9)24(4,5)6)19-26(30-21)20-25(7,28)18-22(31-26)13-15-27/h21-23,27-28H,10-20H2,1-9H3/t21-,22-,23-,25-,26+/m0/s1. The number of aliphatic hydroxyl groups is 2. The molecular weight excluding hydrogens is 464 g/mol. The second-order valence-corrected chi connectivity index (χ2v) is 22.1. The summed E-state index contributed by atoms with van der Waals surface area (Å²) >= 11 is 0. The van der Waals surface area contributed by atoms with Gasteiger partial charge in [0.05, 0.1) is 23.9 Å². The number of hydrogen-bond acceptors (Lipinski definition) is 6. The molecule has 2 rings (SSSR count). The fraction of sp³-hybridized carbons (Fsp3) is 1.00. The molecule has 0 aromatic carbocycles. The van der Waals surface area contributed by atoms with Gasteiger partial charge in [0, 0.05) is 32.5 Å². The summed E-state index contributed by atoms with van der Waals surface area (Å²) in [5, 5.41) is 20.8. The van der Waals surface area contributed by atoms with Crippen LogP contribution >= 0.6 is 0 Å². The smallest absolute Gasteiger partial charge is 0.192 e. The van der Waals surface area contributed by atoms with Crippen LogP contribution in [-0.4, -0.2) is 69.8 Å². The summed E-state index contributed by atoms with van der Waals surface area (Å²) in [5.74, 6) is -0.883. The molecule has 0 aromatic heterocycles. The lowest BCUT2D eigenvalue weighted by Crippen LogP contribution is -2.59. The van der Waals surface area contributed by atoms with Crippen molar-refractivity contribution in [2.24, 2.45) is 0 Å². The van der Waals surface area contributed by atoms with Crippen LogP contribution in [0.25, 0.3) is 0 Å². The topological polar surface area (TPSA) is 77.4 Å². The van der Waals surface area contributed by atoms with Crippen molar-refractivity contribution < 1.29 is 28.5 Å². The molecule has 2 fully saturated rings. The fourth-order valence-corrected chi connectivity index (χ4v) is 9.50. The van der Waals surface area contributed by atoms with Gasteiger partial charge in [-0.2, -0.15) is 0 Å². The van der Waals surface area contributed by atoms with E-state index < -0.39 is 28.0 Å². The maximum absolute atomic E-state index is 11.1. The summed E-state index contributed by atoms with van der Waals surface area (Å²) < 4.78 is 26.6. The summed E-state index contributed by atoms with van der Waals surface area (Å²) in [6, 6.07) is 3.42. The fourth-order valence-electron chi connectivity index (χ4n) is 5.47. The van der Waals surface area contributed by atoms with Crippen LogP contribution in [0.4, 0.5) is 0 Å². The van der Waals surface area contributed by atoms with E-state index in [1.165, 1.54) is 0 Å². The van der Waals surface area contributed by atoms with E-state index in [1.807, 2.05) is 6.92 Å². The first-order chi connectivity index (χ1) is 15.6. The minimum Gasteiger partial charge on any atom is -0.417 e. The van der Waals surface area contributed by atoms with Crippen molar-refractivity contribution in [2.45, 2.75) is 153 Å². The summed E-state index contributed by atoms with van der Waals surface area (Å²) in [5.41, 5.74) is -0.896. The first-order valence-electron chi connectivity index (χ1n) is 13.6. The Labute approximate surface area is 211 Å². The Kier molecular flexibility index (Phi) is 10.5. The van der Waals surface area contributed by atoms with Gasteiger partial charge in [0.25, 0.3) is 0 Å². The predicted octanol–water partition coefficient (Wildman–Crippen LogP) is 5.98. The molecule has 8 heteroatoms. The van der Waals surface area contributed by atoms with Crippen LogP contribution in [0.3, 0.4) is 0 Å². The molecule has 6 nitrogen and oxygen atoms in total. The molecule has 0 unspecified atom stereocenters. The summed E-state index contributed by atoms with van der Waals surface area (Å²) in [6.07, 6.45) is 3.45. The molecule has 1 spiro atoms. The third-order valence-electron chi connectivity index (χ3n) is 8.64. The quantitative estimate of drug-likeness (QED) is 0.328. The molecule has 0 amide bonds. The Bertz CT molecular complexity index is 623. The number of ether oxygens (including phenoxy) is 2. The third-order valence-corrected chi connectivity index (χ3v) is 17.9. The summed E-state index contributed by atoms with van der Waals surface area (Å²) in [6.45, 7) is 20.8. The summed E-state index contributed by atoms with van der Waals surface area (Å²) in [7, 11) is -3.64. The second kappa shape index (κ2) is 11.7. The first kappa shape index (κ1) is 30.4. The highest BCUT2D eigenvalue weighted by Crippen LogP contribution is 2.47. The Morgan fingerprint density at radius 1 is 0.971 bits per heavy atom. The molecule has 2 N–H and O–H groups in total. The first-order valence-corrected chi connectivity index (χ1v) is 19.1. The van der Waals surface area contributed by atoms with Gasteiger partial charge in [0.1, 0.15) is 0 Å². The van der Waals surface area contributed by atoms with Gasteiger partial charge in [-0.1, -0.05) is 41.5 Å². The highest BCUT2D eigenvalue weighted by Gasteiger charge is 2.53. The lowest BCUT2D eigenvalue weighted by atomic mass is 9.82. The average Bonchev–Trinajstić information content (AvgIpc) is 2.69. The van der Waals surface area contributed by atoms with Crippen molar-refractivity contribution >= 4 is 16.6 Å². The van der Waals surface area contributed by atoms with Gasteiger partial charge in [-0.05, 0) is 62.5 Å². The molecule has 0 bridgehead atoms. The van der Waals surface area contributed by atoms with Gasteiger partial charge >= 0.3 is 0 Å². The Balaban J connectivity index is 2.23. The Morgan fingerprint density at radius 3 is 2.09 bits per heavy atom. The molecule has 0 aromatic rings. The lowest BCUT2D eigenvalue weighted by molar-refractivity contribution is -0.350. The van der Waals surface area contributed by atoms with Crippen molar-refractivity contribution in [2.75, 3.05) is 13.2 Å².